The van der Waals surface area contributed by atoms with Gasteiger partial charge in [-0.15, -0.1) is 0 Å². The Morgan fingerprint density at radius 2 is 1.95 bits per heavy atom. The first-order valence-electron chi connectivity index (χ1n) is 7.94. The highest BCUT2D eigenvalue weighted by Gasteiger charge is 2.29. The van der Waals surface area contributed by atoms with Gasteiger partial charge in [-0.1, -0.05) is 13.3 Å². The summed E-state index contributed by atoms with van der Waals surface area (Å²) in [5.74, 6) is 0. The predicted octanol–water partition coefficient (Wildman–Crippen LogP) is 3.98. The molecule has 0 bridgehead atoms. The summed E-state index contributed by atoms with van der Waals surface area (Å²) in [6, 6.07) is 0.227. The van der Waals surface area contributed by atoms with E-state index in [0.717, 1.165) is 45.3 Å². The molecule has 4 nitrogen and oxygen atoms in total. The molecule has 2 unspecified atom stereocenters. The van der Waals surface area contributed by atoms with E-state index >= 15 is 0 Å². The summed E-state index contributed by atoms with van der Waals surface area (Å²) in [6.07, 6.45) is 5.29. The Morgan fingerprint density at radius 3 is 2.55 bits per heavy atom. The molecule has 0 aromatic rings. The molecule has 4 heteroatoms. The molecular formula is C16H31NO3. The molecule has 0 radical (unpaired) electrons. The quantitative estimate of drug-likeness (QED) is 0.733. The third-order valence-electron chi connectivity index (χ3n) is 3.61. The van der Waals surface area contributed by atoms with Crippen LogP contribution in [0.5, 0.6) is 0 Å². The lowest BCUT2D eigenvalue weighted by atomic mass is 10.1. The van der Waals surface area contributed by atoms with E-state index in [1.165, 1.54) is 0 Å². The number of hydrogen-bond donors (Lipinski definition) is 0. The van der Waals surface area contributed by atoms with Crippen LogP contribution in [0.4, 0.5) is 4.79 Å². The number of carbonyl (C=O) groups is 1. The van der Waals surface area contributed by atoms with Gasteiger partial charge in [-0.25, -0.2) is 4.79 Å². The molecule has 1 aliphatic rings. The van der Waals surface area contributed by atoms with Crippen LogP contribution in [-0.2, 0) is 9.47 Å². The lowest BCUT2D eigenvalue weighted by Crippen LogP contribution is -2.42. The Kier molecular flexibility index (Phi) is 6.80. The molecule has 1 aliphatic heterocycles. The Bertz CT molecular complexity index is 299. The average molecular weight is 285 g/mol. The molecule has 1 fully saturated rings. The van der Waals surface area contributed by atoms with E-state index in [2.05, 4.69) is 13.8 Å². The Balaban J connectivity index is 2.48. The minimum atomic E-state index is -0.430. The van der Waals surface area contributed by atoms with Crippen molar-refractivity contribution in [3.05, 3.63) is 0 Å². The SMILES string of the molecule is CCCCOC1CCC(C)N(C(=O)OC(C)(C)C)CC1. The van der Waals surface area contributed by atoms with Crippen LogP contribution in [0.3, 0.4) is 0 Å². The molecule has 1 amide bonds. The third kappa shape index (κ3) is 6.12. The van der Waals surface area contributed by atoms with Crippen molar-refractivity contribution in [1.29, 1.82) is 0 Å². The zero-order valence-corrected chi connectivity index (χ0v) is 13.8. The van der Waals surface area contributed by atoms with E-state index in [-0.39, 0.29) is 18.2 Å². The first-order chi connectivity index (χ1) is 9.33. The van der Waals surface area contributed by atoms with Gasteiger partial charge in [0.25, 0.3) is 0 Å². The topological polar surface area (TPSA) is 38.8 Å². The van der Waals surface area contributed by atoms with Gasteiger partial charge < -0.3 is 14.4 Å². The molecule has 0 aromatic carbocycles. The summed E-state index contributed by atoms with van der Waals surface area (Å²) in [5.41, 5.74) is -0.430. The monoisotopic (exact) mass is 285 g/mol. The molecule has 1 rings (SSSR count). The number of unbranched alkanes of at least 4 members (excludes halogenated alkanes) is 1. The van der Waals surface area contributed by atoms with Gasteiger partial charge in [-0.2, -0.15) is 0 Å². The molecule has 1 heterocycles. The Hall–Kier alpha value is -0.770. The summed E-state index contributed by atoms with van der Waals surface area (Å²) in [4.78, 5) is 14.1. The Labute approximate surface area is 123 Å². The molecule has 0 spiro atoms. The molecule has 2 atom stereocenters. The fraction of sp³-hybridized carbons (Fsp3) is 0.938. The molecular weight excluding hydrogens is 254 g/mol. The maximum atomic E-state index is 12.2. The predicted molar refractivity (Wildman–Crippen MR) is 80.9 cm³/mol. The first kappa shape index (κ1) is 17.3. The van der Waals surface area contributed by atoms with Gasteiger partial charge >= 0.3 is 6.09 Å². The van der Waals surface area contributed by atoms with E-state index in [4.69, 9.17) is 9.47 Å². The largest absolute Gasteiger partial charge is 0.444 e. The van der Waals surface area contributed by atoms with E-state index < -0.39 is 5.60 Å². The Morgan fingerprint density at radius 1 is 1.25 bits per heavy atom. The van der Waals surface area contributed by atoms with Crippen LogP contribution in [0.1, 0.15) is 66.7 Å². The average Bonchev–Trinajstić information content (AvgIpc) is 2.50. The maximum Gasteiger partial charge on any atom is 0.410 e. The van der Waals surface area contributed by atoms with Gasteiger partial charge in [0, 0.05) is 19.2 Å². The zero-order valence-electron chi connectivity index (χ0n) is 13.8. The summed E-state index contributed by atoms with van der Waals surface area (Å²) in [6.45, 7) is 11.5. The van der Waals surface area contributed by atoms with Crippen LogP contribution in [0.25, 0.3) is 0 Å². The number of nitrogens with zero attached hydrogens (tertiary/aromatic N) is 1. The number of rotatable bonds is 4. The van der Waals surface area contributed by atoms with Gasteiger partial charge in [0.15, 0.2) is 0 Å². The van der Waals surface area contributed by atoms with Crippen LogP contribution >= 0.6 is 0 Å². The van der Waals surface area contributed by atoms with Crippen molar-refractivity contribution in [2.45, 2.75) is 84.5 Å². The number of likely N-dealkylation sites (tertiary alicyclic amines) is 1. The lowest BCUT2D eigenvalue weighted by Gasteiger charge is -2.30. The zero-order chi connectivity index (χ0) is 15.2. The van der Waals surface area contributed by atoms with E-state index in [0.29, 0.717) is 0 Å². The minimum Gasteiger partial charge on any atom is -0.444 e. The van der Waals surface area contributed by atoms with Gasteiger partial charge in [0.05, 0.1) is 6.10 Å². The molecule has 0 aromatic heterocycles. The third-order valence-corrected chi connectivity index (χ3v) is 3.61. The van der Waals surface area contributed by atoms with E-state index in [1.54, 1.807) is 0 Å². The van der Waals surface area contributed by atoms with Crippen molar-refractivity contribution in [2.24, 2.45) is 0 Å². The highest BCUT2D eigenvalue weighted by Crippen LogP contribution is 2.21. The van der Waals surface area contributed by atoms with Gasteiger partial charge in [-0.3, -0.25) is 0 Å². The van der Waals surface area contributed by atoms with E-state index in [1.807, 2.05) is 25.7 Å². The first-order valence-corrected chi connectivity index (χ1v) is 7.94. The van der Waals surface area contributed by atoms with Crippen molar-refractivity contribution in [3.8, 4) is 0 Å². The fourth-order valence-electron chi connectivity index (χ4n) is 2.38. The van der Waals surface area contributed by atoms with Gasteiger partial charge in [0.1, 0.15) is 5.60 Å². The van der Waals surface area contributed by atoms with Crippen molar-refractivity contribution in [3.63, 3.8) is 0 Å². The van der Waals surface area contributed by atoms with Crippen molar-refractivity contribution in [2.75, 3.05) is 13.2 Å². The summed E-state index contributed by atoms with van der Waals surface area (Å²) < 4.78 is 11.4. The summed E-state index contributed by atoms with van der Waals surface area (Å²) in [7, 11) is 0. The molecule has 20 heavy (non-hydrogen) atoms. The second-order valence-corrected chi connectivity index (χ2v) is 6.74. The van der Waals surface area contributed by atoms with Crippen LogP contribution in [0.15, 0.2) is 0 Å². The van der Waals surface area contributed by atoms with Crippen LogP contribution in [0, 0.1) is 0 Å². The number of ether oxygens (including phenoxy) is 2. The van der Waals surface area contributed by atoms with E-state index in [9.17, 15) is 4.79 Å². The van der Waals surface area contributed by atoms with Crippen molar-refractivity contribution in [1.82, 2.24) is 4.90 Å². The highest BCUT2D eigenvalue weighted by atomic mass is 16.6. The van der Waals surface area contributed by atoms with Crippen molar-refractivity contribution < 1.29 is 14.3 Å². The highest BCUT2D eigenvalue weighted by molar-refractivity contribution is 5.68. The molecule has 0 N–H and O–H groups in total. The summed E-state index contributed by atoms with van der Waals surface area (Å²) >= 11 is 0. The fourth-order valence-corrected chi connectivity index (χ4v) is 2.38. The molecule has 0 aliphatic carbocycles. The standard InChI is InChI=1S/C16H31NO3/c1-6-7-12-19-14-9-8-13(2)17(11-10-14)15(18)20-16(3,4)5/h13-14H,6-12H2,1-5H3. The lowest BCUT2D eigenvalue weighted by molar-refractivity contribution is 0.0160. The maximum absolute atomic E-state index is 12.2. The van der Waals surface area contributed by atoms with Crippen LogP contribution < -0.4 is 0 Å². The number of carbonyl (C=O) groups excluding carboxylic acids is 1. The number of amides is 1. The minimum absolute atomic E-state index is 0.195. The second kappa shape index (κ2) is 7.87. The second-order valence-electron chi connectivity index (χ2n) is 6.74. The van der Waals surface area contributed by atoms with Crippen LogP contribution in [0.2, 0.25) is 0 Å². The molecule has 0 saturated carbocycles. The van der Waals surface area contributed by atoms with Crippen LogP contribution in [-0.4, -0.2) is 41.9 Å². The molecule has 1 saturated heterocycles. The molecule has 118 valence electrons. The number of hydrogen-bond acceptors (Lipinski definition) is 3. The van der Waals surface area contributed by atoms with Crippen molar-refractivity contribution >= 4 is 6.09 Å². The normalized spacial score (nSPS) is 24.4. The smallest absolute Gasteiger partial charge is 0.410 e. The van der Waals surface area contributed by atoms with Gasteiger partial charge in [-0.05, 0) is 53.4 Å². The van der Waals surface area contributed by atoms with Gasteiger partial charge in [0.2, 0.25) is 0 Å². The summed E-state index contributed by atoms with van der Waals surface area (Å²) in [5, 5.41) is 0.